The highest BCUT2D eigenvalue weighted by molar-refractivity contribution is 6.19. The zero-order valence-corrected chi connectivity index (χ0v) is 15.0. The van der Waals surface area contributed by atoms with Gasteiger partial charge in [0.15, 0.2) is 0 Å². The average molecular weight is 331 g/mol. The minimum atomic E-state index is 0.720. The molecule has 0 spiro atoms. The van der Waals surface area contributed by atoms with E-state index in [9.17, 15) is 0 Å². The molecule has 0 aliphatic heterocycles. The van der Waals surface area contributed by atoms with Crippen molar-refractivity contribution in [3.63, 3.8) is 0 Å². The van der Waals surface area contributed by atoms with Crippen molar-refractivity contribution < 1.29 is 0 Å². The van der Waals surface area contributed by atoms with Gasteiger partial charge in [0.05, 0.1) is 22.1 Å². The Kier molecular flexibility index (Phi) is 4.39. The van der Waals surface area contributed by atoms with E-state index in [-0.39, 0.29) is 0 Å². The normalized spacial score (nSPS) is 13.0. The lowest BCUT2D eigenvalue weighted by Crippen LogP contribution is -2.04. The molecule has 0 aliphatic carbocycles. The van der Waals surface area contributed by atoms with Crippen LogP contribution in [0.1, 0.15) is 45.1 Å². The van der Waals surface area contributed by atoms with E-state index in [0.717, 1.165) is 34.4 Å². The van der Waals surface area contributed by atoms with Crippen molar-refractivity contribution >= 4 is 32.8 Å². The van der Waals surface area contributed by atoms with Gasteiger partial charge in [0, 0.05) is 23.2 Å². The number of para-hydroxylation sites is 1. The fourth-order valence-electron chi connectivity index (χ4n) is 3.90. The second-order valence-corrected chi connectivity index (χ2v) is 6.99. The first kappa shape index (κ1) is 16.1. The largest absolute Gasteiger partial charge is 0.358 e. The first-order valence-corrected chi connectivity index (χ1v) is 9.45. The molecule has 2 aromatic heterocycles. The van der Waals surface area contributed by atoms with Crippen LogP contribution >= 0.6 is 0 Å². The molecule has 3 heteroatoms. The van der Waals surface area contributed by atoms with Gasteiger partial charge in [0.25, 0.3) is 0 Å². The van der Waals surface area contributed by atoms with Gasteiger partial charge in [0.1, 0.15) is 0 Å². The van der Waals surface area contributed by atoms with E-state index in [2.05, 4.69) is 54.1 Å². The highest BCUT2D eigenvalue weighted by Crippen LogP contribution is 2.34. The number of rotatable bonds is 6. The van der Waals surface area contributed by atoms with Gasteiger partial charge < -0.3 is 4.98 Å². The number of aromatic nitrogens is 3. The van der Waals surface area contributed by atoms with Crippen LogP contribution < -0.4 is 0 Å². The fraction of sp³-hybridized carbons (Fsp3) is 0.364. The number of fused-ring (bicyclic) bond motifs is 5. The van der Waals surface area contributed by atoms with Crippen LogP contribution in [0.4, 0.5) is 0 Å². The minimum absolute atomic E-state index is 0.720. The maximum absolute atomic E-state index is 4.98. The Hall–Kier alpha value is -2.42. The smallest absolute Gasteiger partial charge is 0.0965 e. The highest BCUT2D eigenvalue weighted by Gasteiger charge is 2.17. The average Bonchev–Trinajstić information content (AvgIpc) is 3.05. The molecule has 25 heavy (non-hydrogen) atoms. The first-order chi connectivity index (χ1) is 12.3. The van der Waals surface area contributed by atoms with Gasteiger partial charge in [-0.05, 0) is 30.0 Å². The Morgan fingerprint density at radius 2 is 2.00 bits per heavy atom. The van der Waals surface area contributed by atoms with Crippen LogP contribution in [-0.2, 0) is 6.42 Å². The Morgan fingerprint density at radius 3 is 2.84 bits per heavy atom. The van der Waals surface area contributed by atoms with Crippen molar-refractivity contribution in [2.45, 2.75) is 46.0 Å². The Bertz CT molecular complexity index is 1020. The molecule has 0 amide bonds. The summed E-state index contributed by atoms with van der Waals surface area (Å²) in [5, 5.41) is 2.41. The molecule has 4 aromatic rings. The van der Waals surface area contributed by atoms with Gasteiger partial charge >= 0.3 is 0 Å². The van der Waals surface area contributed by atoms with Gasteiger partial charge in [-0.15, -0.1) is 0 Å². The molecule has 2 aromatic carbocycles. The van der Waals surface area contributed by atoms with Gasteiger partial charge in [-0.2, -0.15) is 0 Å². The van der Waals surface area contributed by atoms with Crippen LogP contribution in [0, 0.1) is 5.92 Å². The number of H-pyrrole nitrogens is 1. The molecule has 0 fully saturated rings. The summed E-state index contributed by atoms with van der Waals surface area (Å²) in [5.74, 6) is 0.720. The SMILES string of the molecule is CCCCC(CC)Cc1cc2[nH]ccnc2c2c1nc1ccccc12. The summed E-state index contributed by atoms with van der Waals surface area (Å²) in [6.45, 7) is 4.58. The topological polar surface area (TPSA) is 41.6 Å². The van der Waals surface area contributed by atoms with E-state index in [1.54, 1.807) is 0 Å². The molecule has 0 saturated heterocycles. The van der Waals surface area contributed by atoms with E-state index in [0.29, 0.717) is 0 Å². The number of aromatic amines is 1. The lowest BCUT2D eigenvalue weighted by Gasteiger charge is -2.15. The Balaban J connectivity index is 1.93. The molecule has 128 valence electrons. The fourth-order valence-corrected chi connectivity index (χ4v) is 3.90. The first-order valence-electron chi connectivity index (χ1n) is 9.45. The molecule has 0 bridgehead atoms. The number of hydrogen-bond acceptors (Lipinski definition) is 2. The summed E-state index contributed by atoms with van der Waals surface area (Å²) in [7, 11) is 0. The molecular weight excluding hydrogens is 306 g/mol. The van der Waals surface area contributed by atoms with Crippen molar-refractivity contribution in [2.24, 2.45) is 5.92 Å². The second-order valence-electron chi connectivity index (χ2n) is 6.99. The molecular formula is C22H25N3. The summed E-state index contributed by atoms with van der Waals surface area (Å²) >= 11 is 0. The summed E-state index contributed by atoms with van der Waals surface area (Å²) in [5.41, 5.74) is 5.69. The molecule has 0 radical (unpaired) electrons. The van der Waals surface area contributed by atoms with Gasteiger partial charge in [-0.1, -0.05) is 57.7 Å². The highest BCUT2D eigenvalue weighted by atomic mass is 14.8. The predicted octanol–water partition coefficient (Wildman–Crippen LogP) is 6.02. The van der Waals surface area contributed by atoms with Crippen molar-refractivity contribution in [1.29, 1.82) is 0 Å². The Labute approximate surface area is 148 Å². The van der Waals surface area contributed by atoms with Crippen LogP contribution in [0.2, 0.25) is 0 Å². The van der Waals surface area contributed by atoms with Crippen LogP contribution in [0.25, 0.3) is 32.8 Å². The van der Waals surface area contributed by atoms with Gasteiger partial charge in [0.2, 0.25) is 0 Å². The van der Waals surface area contributed by atoms with Crippen LogP contribution in [0.15, 0.2) is 42.7 Å². The maximum Gasteiger partial charge on any atom is 0.0965 e. The van der Waals surface area contributed by atoms with E-state index < -0.39 is 0 Å². The zero-order chi connectivity index (χ0) is 17.2. The van der Waals surface area contributed by atoms with E-state index in [1.807, 2.05) is 12.4 Å². The van der Waals surface area contributed by atoms with Crippen molar-refractivity contribution in [3.05, 3.63) is 48.3 Å². The number of nitrogens with one attached hydrogen (secondary N) is 1. The molecule has 0 aliphatic rings. The predicted molar refractivity (Wildman–Crippen MR) is 106 cm³/mol. The summed E-state index contributed by atoms with van der Waals surface area (Å²) in [6.07, 6.45) is 9.92. The summed E-state index contributed by atoms with van der Waals surface area (Å²) in [4.78, 5) is 13.0. The van der Waals surface area contributed by atoms with Crippen LogP contribution in [0.3, 0.4) is 0 Å². The third-order valence-corrected chi connectivity index (χ3v) is 5.33. The summed E-state index contributed by atoms with van der Waals surface area (Å²) in [6, 6.07) is 10.7. The summed E-state index contributed by atoms with van der Waals surface area (Å²) < 4.78 is 0. The minimum Gasteiger partial charge on any atom is -0.358 e. The number of unbranched alkanes of at least 4 members (excludes halogenated alkanes) is 1. The third-order valence-electron chi connectivity index (χ3n) is 5.33. The number of benzene rings is 2. The molecule has 3 nitrogen and oxygen atoms in total. The lowest BCUT2D eigenvalue weighted by atomic mass is 9.90. The monoisotopic (exact) mass is 331 g/mol. The van der Waals surface area contributed by atoms with Crippen molar-refractivity contribution in [1.82, 2.24) is 15.0 Å². The van der Waals surface area contributed by atoms with Gasteiger partial charge in [-0.25, -0.2) is 4.98 Å². The van der Waals surface area contributed by atoms with Crippen LogP contribution in [-0.4, -0.2) is 15.0 Å². The van der Waals surface area contributed by atoms with E-state index in [1.165, 1.54) is 42.0 Å². The molecule has 1 atom stereocenters. The Morgan fingerprint density at radius 1 is 1.12 bits per heavy atom. The standard InChI is InChI=1S/C22H25N3/c1-3-5-8-15(4-2)13-16-14-19-22(24-12-11-23-19)20-17-9-6-7-10-18(17)25-21(16)20/h6-7,9-12,14-15,23H,3-5,8,13H2,1-2H3. The van der Waals surface area contributed by atoms with E-state index in [4.69, 9.17) is 4.98 Å². The quantitative estimate of drug-likeness (QED) is 0.469. The lowest BCUT2D eigenvalue weighted by molar-refractivity contribution is 0.450. The number of hydrogen-bond donors (Lipinski definition) is 1. The second kappa shape index (κ2) is 6.83. The molecule has 2 heterocycles. The van der Waals surface area contributed by atoms with Crippen LogP contribution in [0.5, 0.6) is 0 Å². The number of nitrogens with zero attached hydrogens (tertiary/aromatic N) is 2. The van der Waals surface area contributed by atoms with Gasteiger partial charge in [-0.3, -0.25) is 4.98 Å². The molecule has 1 N–H and O–H groups in total. The third kappa shape index (κ3) is 2.88. The molecule has 0 saturated carbocycles. The van der Waals surface area contributed by atoms with E-state index >= 15 is 0 Å². The maximum atomic E-state index is 4.98. The zero-order valence-electron chi connectivity index (χ0n) is 15.0. The molecule has 1 unspecified atom stereocenters. The molecule has 4 rings (SSSR count). The van der Waals surface area contributed by atoms with Crippen molar-refractivity contribution in [3.8, 4) is 0 Å². The van der Waals surface area contributed by atoms with Crippen molar-refractivity contribution in [2.75, 3.05) is 0 Å².